The minimum Gasteiger partial charge on any atom is -0.365 e. The summed E-state index contributed by atoms with van der Waals surface area (Å²) in [6, 6.07) is 12.2. The van der Waals surface area contributed by atoms with Crippen molar-refractivity contribution in [2.45, 2.75) is 60.3 Å². The Morgan fingerprint density at radius 3 is 1.52 bits per heavy atom. The normalized spacial score (nSPS) is 10.9. The Bertz CT molecular complexity index is 928. The van der Waals surface area contributed by atoms with Crippen molar-refractivity contribution in [3.05, 3.63) is 58.7 Å². The molecule has 2 aromatic carbocycles. The molecule has 0 atom stereocenters. The first-order valence-corrected chi connectivity index (χ1v) is 11.5. The van der Waals surface area contributed by atoms with Crippen LogP contribution in [0.25, 0.3) is 0 Å². The molecule has 7 heteroatoms. The van der Waals surface area contributed by atoms with E-state index in [-0.39, 0.29) is 37.3 Å². The van der Waals surface area contributed by atoms with Crippen molar-refractivity contribution in [3.8, 4) is 0 Å². The van der Waals surface area contributed by atoms with Crippen LogP contribution in [0.3, 0.4) is 0 Å². The second-order valence-corrected chi connectivity index (χ2v) is 7.67. The molecule has 0 spiro atoms. The molecule has 33 heavy (non-hydrogen) atoms. The highest BCUT2D eigenvalue weighted by Gasteiger charge is 2.11. The maximum absolute atomic E-state index is 12.5. The third kappa shape index (κ3) is 8.21. The number of aliphatic imine (C=N–C) groups is 1. The van der Waals surface area contributed by atoms with E-state index >= 15 is 0 Å². The molecule has 0 saturated carbocycles. The number of nitrogens with one attached hydrogen (secondary N) is 3. The number of para-hydroxylation sites is 2. The molecule has 0 aliphatic heterocycles. The number of amides is 2. The van der Waals surface area contributed by atoms with Gasteiger partial charge in [0.1, 0.15) is 6.54 Å². The van der Waals surface area contributed by atoms with E-state index in [0.717, 1.165) is 59.3 Å². The molecule has 0 unspecified atom stereocenters. The van der Waals surface area contributed by atoms with Gasteiger partial charge in [-0.3, -0.25) is 14.6 Å². The van der Waals surface area contributed by atoms with Crippen molar-refractivity contribution in [1.82, 2.24) is 5.32 Å². The summed E-state index contributed by atoms with van der Waals surface area (Å²) in [7, 11) is 0. The fraction of sp³-hybridized carbons (Fsp3) is 0.423. The summed E-state index contributed by atoms with van der Waals surface area (Å²) in [6.07, 6.45) is 3.41. The van der Waals surface area contributed by atoms with Gasteiger partial charge in [-0.05, 0) is 54.9 Å². The molecule has 2 amide bonds. The van der Waals surface area contributed by atoms with Gasteiger partial charge in [-0.25, -0.2) is 0 Å². The van der Waals surface area contributed by atoms with Crippen molar-refractivity contribution in [1.29, 1.82) is 0 Å². The number of amidine groups is 1. The van der Waals surface area contributed by atoms with Gasteiger partial charge >= 0.3 is 0 Å². The predicted octanol–water partition coefficient (Wildman–Crippen LogP) is 4.94. The Hall–Kier alpha value is -2.86. The molecule has 0 radical (unpaired) electrons. The Morgan fingerprint density at radius 1 is 0.727 bits per heavy atom. The van der Waals surface area contributed by atoms with Crippen LogP contribution in [-0.2, 0) is 35.3 Å². The smallest absolute Gasteiger partial charge is 0.246 e. The molecule has 0 fully saturated rings. The van der Waals surface area contributed by atoms with E-state index in [4.69, 9.17) is 0 Å². The lowest BCUT2D eigenvalue weighted by molar-refractivity contribution is -0.115. The quantitative estimate of drug-likeness (QED) is 0.338. The van der Waals surface area contributed by atoms with E-state index in [1.165, 1.54) is 0 Å². The average molecular weight is 473 g/mol. The lowest BCUT2D eigenvalue weighted by Crippen LogP contribution is -2.32. The Kier molecular flexibility index (Phi) is 12.2. The van der Waals surface area contributed by atoms with Crippen molar-refractivity contribution in [2.24, 2.45) is 4.99 Å². The third-order valence-electron chi connectivity index (χ3n) is 5.49. The van der Waals surface area contributed by atoms with Crippen LogP contribution in [0.5, 0.6) is 0 Å². The molecule has 2 aromatic rings. The number of hydrogen-bond acceptors (Lipinski definition) is 3. The zero-order chi connectivity index (χ0) is 23.5. The highest BCUT2D eigenvalue weighted by molar-refractivity contribution is 5.98. The minimum absolute atomic E-state index is 0. The predicted molar refractivity (Wildman–Crippen MR) is 141 cm³/mol. The highest BCUT2D eigenvalue weighted by atomic mass is 35.5. The van der Waals surface area contributed by atoms with Gasteiger partial charge in [0.25, 0.3) is 0 Å². The van der Waals surface area contributed by atoms with E-state index in [1.54, 1.807) is 6.92 Å². The number of anilines is 2. The van der Waals surface area contributed by atoms with Crippen molar-refractivity contribution < 1.29 is 9.59 Å². The lowest BCUT2D eigenvalue weighted by Gasteiger charge is -2.15. The van der Waals surface area contributed by atoms with Gasteiger partial charge in [-0.1, -0.05) is 64.1 Å². The Balaban J connectivity index is 0.00000544. The molecule has 6 nitrogen and oxygen atoms in total. The number of rotatable bonds is 10. The molecule has 0 heterocycles. The number of benzene rings is 2. The fourth-order valence-electron chi connectivity index (χ4n) is 3.62. The first kappa shape index (κ1) is 28.2. The van der Waals surface area contributed by atoms with Crippen molar-refractivity contribution in [2.75, 3.05) is 23.7 Å². The van der Waals surface area contributed by atoms with Crippen LogP contribution in [0, 0.1) is 0 Å². The van der Waals surface area contributed by atoms with E-state index in [0.29, 0.717) is 5.84 Å². The third-order valence-corrected chi connectivity index (χ3v) is 5.49. The SMILES string of the molecule is CCc1cccc(CC)c1NC(=O)CN=C(C)NCC(=O)Nc1c(CC)cccc1CC.Cl. The average Bonchev–Trinajstić information content (AvgIpc) is 2.81. The number of carbonyl (C=O) groups is 2. The molecule has 0 aromatic heterocycles. The Labute approximate surface area is 204 Å². The van der Waals surface area contributed by atoms with Crippen molar-refractivity contribution in [3.63, 3.8) is 0 Å². The zero-order valence-electron chi connectivity index (χ0n) is 20.4. The number of nitrogens with zero attached hydrogens (tertiary/aromatic N) is 1. The topological polar surface area (TPSA) is 82.6 Å². The van der Waals surface area contributed by atoms with E-state index in [2.05, 4.69) is 48.6 Å². The molecule has 0 bridgehead atoms. The standard InChI is InChI=1S/C26H36N4O2.ClH/c1-6-19-12-10-13-20(7-2)25(19)29-23(31)16-27-18(5)28-17-24(32)30-26-21(8-3)14-11-15-22(26)9-4;/h10-15H,6-9,16-17H2,1-5H3,(H,27,28)(H,29,31)(H,30,32);1H. The van der Waals surface area contributed by atoms with E-state index in [9.17, 15) is 9.59 Å². The molecular weight excluding hydrogens is 436 g/mol. The molecule has 2 rings (SSSR count). The first-order chi connectivity index (χ1) is 15.4. The zero-order valence-corrected chi connectivity index (χ0v) is 21.2. The monoisotopic (exact) mass is 472 g/mol. The number of hydrogen-bond donors (Lipinski definition) is 3. The number of aryl methyl sites for hydroxylation is 4. The van der Waals surface area contributed by atoms with E-state index < -0.39 is 0 Å². The second kappa shape index (κ2) is 14.3. The Morgan fingerprint density at radius 2 is 1.12 bits per heavy atom. The lowest BCUT2D eigenvalue weighted by atomic mass is 10.0. The maximum Gasteiger partial charge on any atom is 0.246 e. The van der Waals surface area contributed by atoms with Crippen LogP contribution >= 0.6 is 12.4 Å². The number of halogens is 1. The molecule has 0 saturated heterocycles. The van der Waals surface area contributed by atoms with Gasteiger partial charge in [-0.2, -0.15) is 0 Å². The highest BCUT2D eigenvalue weighted by Crippen LogP contribution is 2.23. The van der Waals surface area contributed by atoms with Gasteiger partial charge in [-0.15, -0.1) is 12.4 Å². The number of carbonyl (C=O) groups excluding carboxylic acids is 2. The summed E-state index contributed by atoms with van der Waals surface area (Å²) in [5.74, 6) is 0.244. The maximum atomic E-state index is 12.5. The van der Waals surface area contributed by atoms with Crippen LogP contribution in [0.1, 0.15) is 56.9 Å². The molecular formula is C26H37ClN4O2. The van der Waals surface area contributed by atoms with Gasteiger partial charge in [0.05, 0.1) is 12.4 Å². The summed E-state index contributed by atoms with van der Waals surface area (Å²) in [5.41, 5.74) is 6.28. The summed E-state index contributed by atoms with van der Waals surface area (Å²) in [6.45, 7) is 10.2. The van der Waals surface area contributed by atoms with E-state index in [1.807, 2.05) is 36.4 Å². The fourth-order valence-corrected chi connectivity index (χ4v) is 3.62. The summed E-state index contributed by atoms with van der Waals surface area (Å²) in [4.78, 5) is 29.2. The van der Waals surface area contributed by atoms with Gasteiger partial charge < -0.3 is 16.0 Å². The van der Waals surface area contributed by atoms with Crippen LogP contribution < -0.4 is 16.0 Å². The first-order valence-electron chi connectivity index (χ1n) is 11.5. The van der Waals surface area contributed by atoms with Crippen LogP contribution in [0.2, 0.25) is 0 Å². The summed E-state index contributed by atoms with van der Waals surface area (Å²) in [5, 5.41) is 9.03. The summed E-state index contributed by atoms with van der Waals surface area (Å²) >= 11 is 0. The van der Waals surface area contributed by atoms with Gasteiger partial charge in [0.2, 0.25) is 11.8 Å². The molecule has 180 valence electrons. The van der Waals surface area contributed by atoms with Gasteiger partial charge in [0, 0.05) is 11.4 Å². The second-order valence-electron chi connectivity index (χ2n) is 7.67. The minimum atomic E-state index is -0.171. The molecule has 3 N–H and O–H groups in total. The largest absolute Gasteiger partial charge is 0.365 e. The van der Waals surface area contributed by atoms with Crippen LogP contribution in [0.15, 0.2) is 41.4 Å². The summed E-state index contributed by atoms with van der Waals surface area (Å²) < 4.78 is 0. The van der Waals surface area contributed by atoms with Crippen molar-refractivity contribution >= 4 is 41.4 Å². The van der Waals surface area contributed by atoms with Gasteiger partial charge in [0.15, 0.2) is 0 Å². The van der Waals surface area contributed by atoms with Crippen LogP contribution in [-0.4, -0.2) is 30.7 Å². The van der Waals surface area contributed by atoms with Crippen LogP contribution in [0.4, 0.5) is 11.4 Å². The molecule has 0 aliphatic rings. The molecule has 0 aliphatic carbocycles.